The lowest BCUT2D eigenvalue weighted by atomic mass is 10.0. The van der Waals surface area contributed by atoms with E-state index in [-0.39, 0.29) is 0 Å². The van der Waals surface area contributed by atoms with E-state index in [9.17, 15) is 0 Å². The Morgan fingerprint density at radius 3 is 1.02 bits per heavy atom. The van der Waals surface area contributed by atoms with Gasteiger partial charge in [-0.15, -0.1) is 0 Å². The molecule has 0 bridgehead atoms. The fourth-order valence-corrected chi connectivity index (χ4v) is 6.35. The number of hydrogen-bond donors (Lipinski definition) is 0. The highest BCUT2D eigenvalue weighted by atomic mass is 15.1. The van der Waals surface area contributed by atoms with Crippen LogP contribution in [-0.2, 0) is 0 Å². The smallest absolute Gasteiger partial charge is 0.0858 e. The van der Waals surface area contributed by atoms with Crippen LogP contribution in [0.1, 0.15) is 181 Å². The summed E-state index contributed by atoms with van der Waals surface area (Å²) < 4.78 is 0. The normalized spacial score (nSPS) is 11.5. The van der Waals surface area contributed by atoms with Crippen LogP contribution in [0, 0.1) is 0 Å². The second-order valence-electron chi connectivity index (χ2n) is 13.5. The second kappa shape index (κ2) is 29.3. The van der Waals surface area contributed by atoms with Crippen LogP contribution in [0.4, 0.5) is 17.1 Å². The zero-order valence-corrected chi connectivity index (χ0v) is 29.8. The van der Waals surface area contributed by atoms with Crippen molar-refractivity contribution < 1.29 is 0 Å². The quantitative estimate of drug-likeness (QED) is 0.0611. The van der Waals surface area contributed by atoms with Gasteiger partial charge >= 0.3 is 0 Å². The molecule has 0 N–H and O–H groups in total. The van der Waals surface area contributed by atoms with Gasteiger partial charge in [0.2, 0.25) is 0 Å². The summed E-state index contributed by atoms with van der Waals surface area (Å²) >= 11 is 0. The number of hydrogen-bond acceptors (Lipinski definition) is 3. The number of anilines is 1. The van der Waals surface area contributed by atoms with Gasteiger partial charge < -0.3 is 4.90 Å². The first-order chi connectivity index (χ1) is 22.3. The second-order valence-corrected chi connectivity index (χ2v) is 13.5. The third-order valence-corrected chi connectivity index (χ3v) is 9.32. The Kier molecular flexibility index (Phi) is 25.4. The molecule has 0 amide bonds. The van der Waals surface area contributed by atoms with E-state index in [0.717, 1.165) is 11.4 Å². The van der Waals surface area contributed by atoms with E-state index in [2.05, 4.69) is 53.2 Å². The van der Waals surface area contributed by atoms with Gasteiger partial charge in [0.15, 0.2) is 0 Å². The molecule has 0 aliphatic carbocycles. The Hall–Kier alpha value is -2.16. The SMILES string of the molecule is CCCCCCCCCCCCCCCN(CCCCCCCCCCCCCCC)c1ccc(/N=N/c2ccccc2)cc1. The van der Waals surface area contributed by atoms with E-state index in [0.29, 0.717) is 0 Å². The molecular weight excluding hydrogens is 546 g/mol. The highest BCUT2D eigenvalue weighted by Crippen LogP contribution is 2.24. The fourth-order valence-electron chi connectivity index (χ4n) is 6.35. The van der Waals surface area contributed by atoms with Crippen molar-refractivity contribution in [2.24, 2.45) is 10.2 Å². The largest absolute Gasteiger partial charge is 0.372 e. The maximum Gasteiger partial charge on any atom is 0.0858 e. The first-order valence-electron chi connectivity index (χ1n) is 19.6. The molecule has 0 radical (unpaired) electrons. The molecule has 2 rings (SSSR count). The van der Waals surface area contributed by atoms with Gasteiger partial charge in [-0.3, -0.25) is 0 Å². The van der Waals surface area contributed by atoms with Gasteiger partial charge in [-0.1, -0.05) is 186 Å². The first-order valence-corrected chi connectivity index (χ1v) is 19.6. The van der Waals surface area contributed by atoms with Crippen molar-refractivity contribution in [2.45, 2.75) is 181 Å². The van der Waals surface area contributed by atoms with Crippen LogP contribution in [0.2, 0.25) is 0 Å². The summed E-state index contributed by atoms with van der Waals surface area (Å²) in [5.74, 6) is 0. The number of rotatable bonds is 31. The number of unbranched alkanes of at least 4 members (excludes halogenated alkanes) is 24. The Labute approximate surface area is 280 Å². The molecule has 0 atom stereocenters. The lowest BCUT2D eigenvalue weighted by Gasteiger charge is -2.25. The van der Waals surface area contributed by atoms with Gasteiger partial charge in [0.1, 0.15) is 0 Å². The monoisotopic (exact) mass is 618 g/mol. The van der Waals surface area contributed by atoms with Gasteiger partial charge in [0, 0.05) is 18.8 Å². The Morgan fingerprint density at radius 1 is 0.356 bits per heavy atom. The van der Waals surface area contributed by atoms with Crippen molar-refractivity contribution in [2.75, 3.05) is 18.0 Å². The Morgan fingerprint density at radius 2 is 0.667 bits per heavy atom. The molecule has 3 nitrogen and oxygen atoms in total. The van der Waals surface area contributed by atoms with E-state index in [4.69, 9.17) is 0 Å². The van der Waals surface area contributed by atoms with E-state index < -0.39 is 0 Å². The fraction of sp³-hybridized carbons (Fsp3) is 0.714. The van der Waals surface area contributed by atoms with Crippen molar-refractivity contribution in [3.05, 3.63) is 54.6 Å². The minimum atomic E-state index is 0.896. The van der Waals surface area contributed by atoms with E-state index in [1.807, 2.05) is 30.3 Å². The summed E-state index contributed by atoms with van der Waals surface area (Å²) in [6.07, 6.45) is 36.7. The number of benzene rings is 2. The van der Waals surface area contributed by atoms with Gasteiger partial charge in [-0.25, -0.2) is 0 Å². The van der Waals surface area contributed by atoms with Crippen LogP contribution in [-0.4, -0.2) is 13.1 Å². The van der Waals surface area contributed by atoms with Crippen LogP contribution in [0.25, 0.3) is 0 Å². The topological polar surface area (TPSA) is 28.0 Å². The minimum Gasteiger partial charge on any atom is -0.372 e. The predicted octanol–water partition coefficient (Wildman–Crippen LogP) is 15.1. The molecule has 0 aliphatic heterocycles. The van der Waals surface area contributed by atoms with Crippen molar-refractivity contribution in [1.29, 1.82) is 0 Å². The molecule has 0 spiro atoms. The maximum atomic E-state index is 4.46. The molecule has 3 heteroatoms. The molecule has 0 aromatic heterocycles. The molecule has 45 heavy (non-hydrogen) atoms. The summed E-state index contributed by atoms with van der Waals surface area (Å²) in [5, 5.41) is 8.86. The third-order valence-electron chi connectivity index (χ3n) is 9.32. The lowest BCUT2D eigenvalue weighted by Crippen LogP contribution is -2.25. The summed E-state index contributed by atoms with van der Waals surface area (Å²) in [5.41, 5.74) is 3.16. The molecule has 0 fully saturated rings. The molecule has 254 valence electrons. The molecule has 0 heterocycles. The van der Waals surface area contributed by atoms with Crippen molar-refractivity contribution in [3.63, 3.8) is 0 Å². The average molecular weight is 618 g/mol. The summed E-state index contributed by atoms with van der Waals surface area (Å²) in [6, 6.07) is 18.8. The van der Waals surface area contributed by atoms with Gasteiger partial charge in [0.25, 0.3) is 0 Å². The predicted molar refractivity (Wildman–Crippen MR) is 201 cm³/mol. The summed E-state index contributed by atoms with van der Waals surface area (Å²) in [4.78, 5) is 2.63. The first kappa shape index (κ1) is 39.0. The van der Waals surface area contributed by atoms with Gasteiger partial charge in [-0.05, 0) is 49.2 Å². The lowest BCUT2D eigenvalue weighted by molar-refractivity contribution is 0.531. The van der Waals surface area contributed by atoms with E-state index in [1.54, 1.807) is 0 Å². The van der Waals surface area contributed by atoms with Crippen LogP contribution in [0.15, 0.2) is 64.8 Å². The van der Waals surface area contributed by atoms with Crippen molar-refractivity contribution >= 4 is 17.1 Å². The van der Waals surface area contributed by atoms with Crippen molar-refractivity contribution in [1.82, 2.24) is 0 Å². The molecule has 0 saturated carbocycles. The minimum absolute atomic E-state index is 0.896. The van der Waals surface area contributed by atoms with E-state index >= 15 is 0 Å². The molecule has 0 saturated heterocycles. The summed E-state index contributed by atoms with van der Waals surface area (Å²) in [7, 11) is 0. The standard InChI is InChI=1S/C42H71N3/c1-3-5-7-9-11-13-15-17-19-21-23-25-30-38-45(39-31-26-24-22-20-18-16-14-12-10-8-6-4-2)42-36-34-41(35-37-42)44-43-40-32-28-27-29-33-40/h27-29,32-37H,3-26,30-31,38-39H2,1-2H3/b44-43+. The van der Waals surface area contributed by atoms with Crippen LogP contribution in [0.5, 0.6) is 0 Å². The molecule has 0 unspecified atom stereocenters. The third kappa shape index (κ3) is 22.1. The Balaban J connectivity index is 1.66. The number of azo groups is 1. The molecule has 2 aromatic rings. The van der Waals surface area contributed by atoms with Gasteiger partial charge in [-0.2, -0.15) is 10.2 Å². The average Bonchev–Trinajstić information content (AvgIpc) is 3.07. The molecular formula is C42H71N3. The summed E-state index contributed by atoms with van der Waals surface area (Å²) in [6.45, 7) is 6.94. The van der Waals surface area contributed by atoms with Crippen molar-refractivity contribution in [3.8, 4) is 0 Å². The van der Waals surface area contributed by atoms with Crippen LogP contribution < -0.4 is 4.90 Å². The van der Waals surface area contributed by atoms with Gasteiger partial charge in [0.05, 0.1) is 11.4 Å². The zero-order valence-electron chi connectivity index (χ0n) is 29.8. The highest BCUT2D eigenvalue weighted by molar-refractivity contribution is 5.53. The van der Waals surface area contributed by atoms with Crippen LogP contribution >= 0.6 is 0 Å². The van der Waals surface area contributed by atoms with E-state index in [1.165, 1.54) is 186 Å². The number of nitrogens with zero attached hydrogens (tertiary/aromatic N) is 3. The maximum absolute atomic E-state index is 4.46. The zero-order chi connectivity index (χ0) is 31.9. The Bertz CT molecular complexity index is 877. The molecule has 0 aliphatic rings. The molecule has 2 aromatic carbocycles. The highest BCUT2D eigenvalue weighted by Gasteiger charge is 2.07. The van der Waals surface area contributed by atoms with Crippen LogP contribution in [0.3, 0.4) is 0 Å².